The molecule has 1 N–H and O–H groups in total. The first-order chi connectivity index (χ1) is 15.2. The molecule has 0 unspecified atom stereocenters. The lowest BCUT2D eigenvalue weighted by molar-refractivity contribution is -0.134. The van der Waals surface area contributed by atoms with Crippen LogP contribution >= 0.6 is 0 Å². The number of unbranched alkanes of at least 4 members (excludes halogenated alkanes) is 1. The van der Waals surface area contributed by atoms with Crippen LogP contribution < -0.4 is 0 Å². The van der Waals surface area contributed by atoms with E-state index in [2.05, 4.69) is 34.6 Å². The van der Waals surface area contributed by atoms with Gasteiger partial charge in [-0.1, -0.05) is 83.5 Å². The van der Waals surface area contributed by atoms with Crippen LogP contribution in [0.25, 0.3) is 11.1 Å². The lowest BCUT2D eigenvalue weighted by Crippen LogP contribution is -2.49. The molecule has 0 saturated heterocycles. The van der Waals surface area contributed by atoms with Crippen LogP contribution in [-0.2, 0) is 11.3 Å². The molecule has 1 amide bonds. The van der Waals surface area contributed by atoms with Gasteiger partial charge in [-0.3, -0.25) is 14.7 Å². The van der Waals surface area contributed by atoms with Gasteiger partial charge in [0.2, 0.25) is 0 Å². The molecule has 0 saturated carbocycles. The summed E-state index contributed by atoms with van der Waals surface area (Å²) < 4.78 is 0. The van der Waals surface area contributed by atoms with E-state index in [9.17, 15) is 14.7 Å². The van der Waals surface area contributed by atoms with Crippen LogP contribution in [0.5, 0.6) is 0 Å². The van der Waals surface area contributed by atoms with Gasteiger partial charge in [-0.05, 0) is 41.0 Å². The highest BCUT2D eigenvalue weighted by Crippen LogP contribution is 2.39. The SMILES string of the molecule is CCCCC1=NC(C(C)C)(C(C)C)C(=O)N1Cc1ccc(-c2ccccc2C(=O)O)cc1. The number of carboxylic acids is 1. The lowest BCUT2D eigenvalue weighted by Gasteiger charge is -2.33. The van der Waals surface area contributed by atoms with E-state index in [-0.39, 0.29) is 23.3 Å². The van der Waals surface area contributed by atoms with Gasteiger partial charge in [0, 0.05) is 6.42 Å². The van der Waals surface area contributed by atoms with Crippen molar-refractivity contribution in [2.45, 2.75) is 66.0 Å². The Labute approximate surface area is 191 Å². The molecule has 5 nitrogen and oxygen atoms in total. The molecule has 2 aromatic carbocycles. The van der Waals surface area contributed by atoms with Crippen LogP contribution in [0.4, 0.5) is 0 Å². The molecule has 170 valence electrons. The maximum absolute atomic E-state index is 13.6. The summed E-state index contributed by atoms with van der Waals surface area (Å²) in [7, 11) is 0. The van der Waals surface area contributed by atoms with E-state index in [1.54, 1.807) is 12.1 Å². The number of hydrogen-bond acceptors (Lipinski definition) is 3. The third kappa shape index (κ3) is 4.34. The highest BCUT2D eigenvalue weighted by Gasteiger charge is 2.52. The number of amides is 1. The molecular formula is C27H34N2O3. The zero-order chi connectivity index (χ0) is 23.5. The normalized spacial score (nSPS) is 15.5. The van der Waals surface area contributed by atoms with Gasteiger partial charge in [0.25, 0.3) is 5.91 Å². The van der Waals surface area contributed by atoms with E-state index in [1.165, 1.54) is 0 Å². The van der Waals surface area contributed by atoms with Crippen LogP contribution in [0.1, 0.15) is 69.8 Å². The molecule has 2 aromatic rings. The Kier molecular flexibility index (Phi) is 7.17. The largest absolute Gasteiger partial charge is 0.478 e. The summed E-state index contributed by atoms with van der Waals surface area (Å²) in [5, 5.41) is 9.48. The minimum atomic E-state index is -0.942. The molecule has 3 rings (SSSR count). The third-order valence-corrected chi connectivity index (χ3v) is 6.49. The molecular weight excluding hydrogens is 400 g/mol. The summed E-state index contributed by atoms with van der Waals surface area (Å²) in [4.78, 5) is 32.1. The monoisotopic (exact) mass is 434 g/mol. The summed E-state index contributed by atoms with van der Waals surface area (Å²) in [6.07, 6.45) is 2.85. The number of carboxylic acid groups (broad SMARTS) is 1. The average Bonchev–Trinajstić information content (AvgIpc) is 3.05. The highest BCUT2D eigenvalue weighted by atomic mass is 16.4. The fourth-order valence-corrected chi connectivity index (χ4v) is 4.66. The Bertz CT molecular complexity index is 998. The standard InChI is InChI=1S/C27H34N2O3/c1-6-7-12-24-28-27(18(2)3,19(4)5)26(32)29(24)17-20-13-15-21(16-14-20)22-10-8-9-11-23(22)25(30)31/h8-11,13-16,18-19H,6-7,12,17H2,1-5H3,(H,30,31). The van der Waals surface area contributed by atoms with Crippen LogP contribution in [0.15, 0.2) is 53.5 Å². The second-order valence-electron chi connectivity index (χ2n) is 9.21. The summed E-state index contributed by atoms with van der Waals surface area (Å²) in [5.74, 6) is 0.273. The van der Waals surface area contributed by atoms with Gasteiger partial charge in [0.05, 0.1) is 12.1 Å². The highest BCUT2D eigenvalue weighted by molar-refractivity contribution is 6.08. The van der Waals surface area contributed by atoms with Gasteiger partial charge in [-0.25, -0.2) is 4.79 Å². The first-order valence-corrected chi connectivity index (χ1v) is 11.5. The van der Waals surface area contributed by atoms with Crippen LogP contribution in [0.2, 0.25) is 0 Å². The fourth-order valence-electron chi connectivity index (χ4n) is 4.66. The Hall–Kier alpha value is -2.95. The van der Waals surface area contributed by atoms with Crippen molar-refractivity contribution in [2.75, 3.05) is 0 Å². The number of aromatic carboxylic acids is 1. The third-order valence-electron chi connectivity index (χ3n) is 6.49. The van der Waals surface area contributed by atoms with Gasteiger partial charge in [0.15, 0.2) is 0 Å². The molecule has 0 atom stereocenters. The second kappa shape index (κ2) is 9.68. The number of carbonyl (C=O) groups excluding carboxylic acids is 1. The van der Waals surface area contributed by atoms with Crippen molar-refractivity contribution < 1.29 is 14.7 Å². The van der Waals surface area contributed by atoms with Crippen LogP contribution in [-0.4, -0.2) is 33.3 Å². The Balaban J connectivity index is 1.90. The van der Waals surface area contributed by atoms with Gasteiger partial charge < -0.3 is 5.11 Å². The van der Waals surface area contributed by atoms with Gasteiger partial charge in [-0.2, -0.15) is 0 Å². The molecule has 0 radical (unpaired) electrons. The van der Waals surface area contributed by atoms with Crippen molar-refractivity contribution >= 4 is 17.7 Å². The molecule has 1 aliphatic rings. The van der Waals surface area contributed by atoms with E-state index in [1.807, 2.05) is 41.3 Å². The molecule has 1 aliphatic heterocycles. The number of benzene rings is 2. The molecule has 0 aromatic heterocycles. The topological polar surface area (TPSA) is 70.0 Å². The minimum Gasteiger partial charge on any atom is -0.478 e. The Morgan fingerprint density at radius 2 is 1.66 bits per heavy atom. The van der Waals surface area contributed by atoms with Crippen molar-refractivity contribution in [1.29, 1.82) is 0 Å². The molecule has 0 spiro atoms. The number of hydrogen-bond donors (Lipinski definition) is 1. The number of carbonyl (C=O) groups is 2. The van der Waals surface area contributed by atoms with Crippen LogP contribution in [0.3, 0.4) is 0 Å². The zero-order valence-electron chi connectivity index (χ0n) is 19.8. The number of amidine groups is 1. The van der Waals surface area contributed by atoms with E-state index in [4.69, 9.17) is 4.99 Å². The smallest absolute Gasteiger partial charge is 0.336 e. The van der Waals surface area contributed by atoms with Gasteiger partial charge in [0.1, 0.15) is 11.4 Å². The van der Waals surface area contributed by atoms with Crippen molar-refractivity contribution in [3.63, 3.8) is 0 Å². The fraction of sp³-hybridized carbons (Fsp3) is 0.444. The summed E-state index contributed by atoms with van der Waals surface area (Å²) >= 11 is 0. The molecule has 0 aliphatic carbocycles. The Morgan fingerprint density at radius 1 is 1.03 bits per heavy atom. The first kappa shape index (κ1) is 23.7. The van der Waals surface area contributed by atoms with Crippen molar-refractivity contribution in [1.82, 2.24) is 4.90 Å². The van der Waals surface area contributed by atoms with E-state index in [0.717, 1.165) is 36.2 Å². The van der Waals surface area contributed by atoms with E-state index in [0.29, 0.717) is 12.1 Å². The predicted molar refractivity (Wildman–Crippen MR) is 129 cm³/mol. The van der Waals surface area contributed by atoms with Crippen molar-refractivity contribution in [2.24, 2.45) is 16.8 Å². The van der Waals surface area contributed by atoms with Gasteiger partial charge in [-0.15, -0.1) is 0 Å². The predicted octanol–water partition coefficient (Wildman–Crippen LogP) is 6.03. The summed E-state index contributed by atoms with van der Waals surface area (Å²) in [6.45, 7) is 10.9. The Morgan fingerprint density at radius 3 is 2.22 bits per heavy atom. The molecule has 0 bridgehead atoms. The second-order valence-corrected chi connectivity index (χ2v) is 9.21. The first-order valence-electron chi connectivity index (χ1n) is 11.5. The maximum Gasteiger partial charge on any atom is 0.336 e. The number of rotatable bonds is 9. The molecule has 5 heteroatoms. The van der Waals surface area contributed by atoms with Gasteiger partial charge >= 0.3 is 5.97 Å². The van der Waals surface area contributed by atoms with Crippen molar-refractivity contribution in [3.8, 4) is 11.1 Å². The van der Waals surface area contributed by atoms with Crippen molar-refractivity contribution in [3.05, 3.63) is 59.7 Å². The van der Waals surface area contributed by atoms with Crippen LogP contribution in [0, 0.1) is 11.8 Å². The summed E-state index contributed by atoms with van der Waals surface area (Å²) in [5.41, 5.74) is 2.11. The maximum atomic E-state index is 13.6. The van der Waals surface area contributed by atoms with E-state index >= 15 is 0 Å². The average molecular weight is 435 g/mol. The zero-order valence-corrected chi connectivity index (χ0v) is 19.8. The molecule has 32 heavy (non-hydrogen) atoms. The lowest BCUT2D eigenvalue weighted by atomic mass is 9.77. The molecule has 0 fully saturated rings. The number of aliphatic imine (C=N–C) groups is 1. The van der Waals surface area contributed by atoms with E-state index < -0.39 is 11.5 Å². The quantitative estimate of drug-likeness (QED) is 0.523. The summed E-state index contributed by atoms with van der Waals surface area (Å²) in [6, 6.07) is 14.8. The minimum absolute atomic E-state index is 0.0916. The number of nitrogens with zero attached hydrogens (tertiary/aromatic N) is 2. The molecule has 1 heterocycles.